The molecule has 48 valence electrons. The minimum absolute atomic E-state index is 0. The van der Waals surface area contributed by atoms with E-state index in [2.05, 4.69) is 42.5 Å². The number of hydrogen-bond donors (Lipinski definition) is 0. The molecule has 0 aliphatic heterocycles. The van der Waals surface area contributed by atoms with E-state index in [0.29, 0.717) is 0 Å². The summed E-state index contributed by atoms with van der Waals surface area (Å²) >= 11 is 0. The maximum absolute atomic E-state index is 2.12. The van der Waals surface area contributed by atoms with Crippen LogP contribution in [0.2, 0.25) is 0 Å². The number of rotatable bonds is 0. The second-order valence-electron chi connectivity index (χ2n) is 2.15. The van der Waals surface area contributed by atoms with E-state index < -0.39 is 0 Å². The molecule has 0 atom stereocenters. The number of benzene rings is 1. The molecule has 0 bridgehead atoms. The average molecular weight is 206 g/mol. The first-order valence-corrected chi connectivity index (χ1v) is 3.07. The summed E-state index contributed by atoms with van der Waals surface area (Å²) in [4.78, 5) is 0. The Morgan fingerprint density at radius 1 is 1.00 bits per heavy atom. The normalized spacial score (nSPS) is 9.20. The van der Waals surface area contributed by atoms with Crippen molar-refractivity contribution in [1.29, 1.82) is 0 Å². The van der Waals surface area contributed by atoms with E-state index in [-0.39, 0.29) is 26.2 Å². The Balaban J connectivity index is 0.000000500. The van der Waals surface area contributed by atoms with Crippen molar-refractivity contribution in [2.45, 2.75) is 0 Å². The van der Waals surface area contributed by atoms with Gasteiger partial charge in [0.1, 0.15) is 0 Å². The Bertz CT molecular complexity index is 279. The maximum Gasteiger partial charge on any atom is 0 e. The summed E-state index contributed by atoms with van der Waals surface area (Å²) in [5.74, 6) is 0. The number of fused-ring (bicyclic) bond motifs is 1. The van der Waals surface area contributed by atoms with Crippen molar-refractivity contribution >= 4 is 10.8 Å². The van der Waals surface area contributed by atoms with Gasteiger partial charge in [0.15, 0.2) is 0 Å². The molecule has 2 aromatic rings. The average Bonchev–Trinajstić information content (AvgIpc) is 2.33. The first-order valence-electron chi connectivity index (χ1n) is 3.07. The Morgan fingerprint density at radius 3 is 2.60 bits per heavy atom. The molecule has 0 heterocycles. The summed E-state index contributed by atoms with van der Waals surface area (Å²) < 4.78 is 0. The van der Waals surface area contributed by atoms with Crippen molar-refractivity contribution < 1.29 is 26.2 Å². The van der Waals surface area contributed by atoms with E-state index in [1.807, 2.05) is 0 Å². The fourth-order valence-electron chi connectivity index (χ4n) is 1.07. The van der Waals surface area contributed by atoms with Crippen molar-refractivity contribution in [3.8, 4) is 0 Å². The van der Waals surface area contributed by atoms with Gasteiger partial charge in [0.25, 0.3) is 0 Å². The topological polar surface area (TPSA) is 0 Å². The van der Waals surface area contributed by atoms with Crippen LogP contribution >= 0.6 is 0 Å². The van der Waals surface area contributed by atoms with Gasteiger partial charge >= 0.3 is 0 Å². The molecule has 10 heavy (non-hydrogen) atoms. The minimum atomic E-state index is 0. The van der Waals surface area contributed by atoms with Crippen LogP contribution in [0.15, 0.2) is 42.5 Å². The van der Waals surface area contributed by atoms with E-state index in [1.54, 1.807) is 0 Å². The first-order chi connectivity index (χ1) is 4.47. The van der Waals surface area contributed by atoms with E-state index in [4.69, 9.17) is 0 Å². The summed E-state index contributed by atoms with van der Waals surface area (Å²) in [5, 5.41) is 2.66. The predicted octanol–water partition coefficient (Wildman–Crippen LogP) is 2.56. The van der Waals surface area contributed by atoms with Gasteiger partial charge in [-0.15, -0.1) is 29.7 Å². The molecule has 0 unspecified atom stereocenters. The van der Waals surface area contributed by atoms with Crippen molar-refractivity contribution in [2.24, 2.45) is 0 Å². The third-order valence-electron chi connectivity index (χ3n) is 1.55. The van der Waals surface area contributed by atoms with Gasteiger partial charge < -0.3 is 0 Å². The standard InChI is InChI=1S/C9H7.Zr/c1-2-5-9-7-3-6-8(9)4-1;/h1-7H;/q-1;. The Kier molecular flexibility index (Phi) is 2.51. The summed E-state index contributed by atoms with van der Waals surface area (Å²) in [6.45, 7) is 0. The monoisotopic (exact) mass is 205 g/mol. The molecule has 0 aromatic heterocycles. The van der Waals surface area contributed by atoms with Gasteiger partial charge in [0.05, 0.1) is 0 Å². The molecule has 0 radical (unpaired) electrons. The van der Waals surface area contributed by atoms with Crippen LogP contribution in [0, 0.1) is 0 Å². The SMILES string of the molecule is [Zr].c1ccc2[cH-]ccc2c1. The second kappa shape index (κ2) is 3.21. The third kappa shape index (κ3) is 1.24. The van der Waals surface area contributed by atoms with Gasteiger partial charge in [-0.2, -0.15) is 17.5 Å². The molecule has 0 nitrogen and oxygen atoms in total. The fraction of sp³-hybridized carbons (Fsp3) is 0. The Morgan fingerprint density at radius 2 is 1.80 bits per heavy atom. The van der Waals surface area contributed by atoms with Crippen LogP contribution in [0.5, 0.6) is 0 Å². The van der Waals surface area contributed by atoms with Gasteiger partial charge in [-0.05, 0) is 0 Å². The van der Waals surface area contributed by atoms with Crippen LogP contribution in [0.4, 0.5) is 0 Å². The van der Waals surface area contributed by atoms with Crippen molar-refractivity contribution in [2.75, 3.05) is 0 Å². The molecule has 1 heteroatoms. The molecule has 0 saturated carbocycles. The summed E-state index contributed by atoms with van der Waals surface area (Å²) in [5.41, 5.74) is 0. The van der Waals surface area contributed by atoms with Crippen LogP contribution in [0.1, 0.15) is 0 Å². The van der Waals surface area contributed by atoms with Gasteiger partial charge in [-0.1, -0.05) is 6.07 Å². The van der Waals surface area contributed by atoms with Gasteiger partial charge in [-0.25, -0.2) is 0 Å². The smallest absolute Gasteiger partial charge is 0 e. The molecule has 0 fully saturated rings. The molecule has 0 amide bonds. The zero-order chi connectivity index (χ0) is 6.10. The quantitative estimate of drug-likeness (QED) is 0.581. The van der Waals surface area contributed by atoms with Crippen LogP contribution in [0.25, 0.3) is 10.8 Å². The predicted molar refractivity (Wildman–Crippen MR) is 39.5 cm³/mol. The van der Waals surface area contributed by atoms with Gasteiger partial charge in [-0.3, -0.25) is 0 Å². The molecular weight excluding hydrogens is 199 g/mol. The van der Waals surface area contributed by atoms with Crippen molar-refractivity contribution in [1.82, 2.24) is 0 Å². The molecule has 2 aromatic carbocycles. The molecule has 0 aliphatic rings. The van der Waals surface area contributed by atoms with Gasteiger partial charge in [0.2, 0.25) is 0 Å². The van der Waals surface area contributed by atoms with Crippen LogP contribution < -0.4 is 0 Å². The zero-order valence-corrected chi connectivity index (χ0v) is 8.00. The van der Waals surface area contributed by atoms with Crippen molar-refractivity contribution in [3.05, 3.63) is 42.5 Å². The maximum atomic E-state index is 2.12. The van der Waals surface area contributed by atoms with E-state index in [0.717, 1.165) is 0 Å². The molecule has 0 spiro atoms. The molecule has 0 saturated heterocycles. The second-order valence-corrected chi connectivity index (χ2v) is 2.15. The molecule has 0 N–H and O–H groups in total. The largest absolute Gasteiger partial charge is 0.168 e. The Labute approximate surface area is 79.4 Å². The van der Waals surface area contributed by atoms with E-state index >= 15 is 0 Å². The molecule has 2 rings (SSSR count). The zero-order valence-electron chi connectivity index (χ0n) is 5.54. The Hall–Kier alpha value is -0.287. The first kappa shape index (κ1) is 7.82. The fourth-order valence-corrected chi connectivity index (χ4v) is 1.07. The van der Waals surface area contributed by atoms with Gasteiger partial charge in [0, 0.05) is 26.2 Å². The summed E-state index contributed by atoms with van der Waals surface area (Å²) in [7, 11) is 0. The summed E-state index contributed by atoms with van der Waals surface area (Å²) in [6, 6.07) is 14.7. The van der Waals surface area contributed by atoms with Crippen LogP contribution in [0.3, 0.4) is 0 Å². The van der Waals surface area contributed by atoms with E-state index in [1.165, 1.54) is 10.8 Å². The molecular formula is C9H7Zr-. The minimum Gasteiger partial charge on any atom is -0.168 e. The third-order valence-corrected chi connectivity index (χ3v) is 1.55. The van der Waals surface area contributed by atoms with Crippen LogP contribution in [-0.2, 0) is 26.2 Å². The summed E-state index contributed by atoms with van der Waals surface area (Å²) in [6.07, 6.45) is 0. The molecule has 0 aliphatic carbocycles. The van der Waals surface area contributed by atoms with Crippen molar-refractivity contribution in [3.63, 3.8) is 0 Å². The van der Waals surface area contributed by atoms with E-state index in [9.17, 15) is 0 Å². The van der Waals surface area contributed by atoms with Crippen LogP contribution in [-0.4, -0.2) is 0 Å². The number of hydrogen-bond acceptors (Lipinski definition) is 0.